The number of nitrogens with one attached hydrogen (secondary N) is 2. The lowest BCUT2D eigenvalue weighted by Gasteiger charge is -2.11. The van der Waals surface area contributed by atoms with Crippen molar-refractivity contribution in [2.24, 2.45) is 4.99 Å². The van der Waals surface area contributed by atoms with E-state index in [1.807, 2.05) is 25.1 Å². The SMILES string of the molecule is CCNC(=NCc1ccccc1F)NCCCc1ccc(O)cc1.I. The van der Waals surface area contributed by atoms with Gasteiger partial charge in [-0.05, 0) is 43.5 Å². The molecule has 0 spiro atoms. The summed E-state index contributed by atoms with van der Waals surface area (Å²) in [5.41, 5.74) is 1.77. The Balaban J connectivity index is 0.00000312. The highest BCUT2D eigenvalue weighted by atomic mass is 127. The second-order valence-corrected chi connectivity index (χ2v) is 5.48. The van der Waals surface area contributed by atoms with E-state index in [4.69, 9.17) is 0 Å². The van der Waals surface area contributed by atoms with Gasteiger partial charge in [-0.3, -0.25) is 0 Å². The summed E-state index contributed by atoms with van der Waals surface area (Å²) >= 11 is 0. The molecule has 6 heteroatoms. The molecule has 0 unspecified atom stereocenters. The van der Waals surface area contributed by atoms with Crippen LogP contribution in [-0.4, -0.2) is 24.2 Å². The number of hydrogen-bond acceptors (Lipinski definition) is 2. The van der Waals surface area contributed by atoms with E-state index >= 15 is 0 Å². The first-order valence-electron chi connectivity index (χ1n) is 8.22. The van der Waals surface area contributed by atoms with Crippen molar-refractivity contribution in [3.63, 3.8) is 0 Å². The Morgan fingerprint density at radius 3 is 2.48 bits per heavy atom. The van der Waals surface area contributed by atoms with E-state index in [0.717, 1.165) is 25.9 Å². The lowest BCUT2D eigenvalue weighted by molar-refractivity contribution is 0.475. The molecule has 25 heavy (non-hydrogen) atoms. The van der Waals surface area contributed by atoms with Crippen LogP contribution in [0.15, 0.2) is 53.5 Å². The van der Waals surface area contributed by atoms with Crippen LogP contribution in [0.25, 0.3) is 0 Å². The molecular formula is C19H25FIN3O. The predicted molar refractivity (Wildman–Crippen MR) is 111 cm³/mol. The number of phenols is 1. The van der Waals surface area contributed by atoms with Gasteiger partial charge in [0.1, 0.15) is 11.6 Å². The van der Waals surface area contributed by atoms with E-state index in [1.54, 1.807) is 24.3 Å². The maximum atomic E-state index is 13.6. The largest absolute Gasteiger partial charge is 0.508 e. The molecule has 0 fully saturated rings. The Bertz CT molecular complexity index is 662. The van der Waals surface area contributed by atoms with Crippen molar-refractivity contribution in [3.05, 3.63) is 65.5 Å². The fourth-order valence-electron chi connectivity index (χ4n) is 2.29. The van der Waals surface area contributed by atoms with Crippen LogP contribution < -0.4 is 10.6 Å². The summed E-state index contributed by atoms with van der Waals surface area (Å²) in [4.78, 5) is 4.42. The van der Waals surface area contributed by atoms with Crippen LogP contribution in [0, 0.1) is 5.82 Å². The number of halogens is 2. The summed E-state index contributed by atoms with van der Waals surface area (Å²) in [5, 5.41) is 15.7. The first kappa shape index (κ1) is 21.2. The third kappa shape index (κ3) is 7.72. The van der Waals surface area contributed by atoms with Crippen molar-refractivity contribution in [1.29, 1.82) is 0 Å². The number of aromatic hydroxyl groups is 1. The molecular weight excluding hydrogens is 432 g/mol. The first-order chi connectivity index (χ1) is 11.7. The quantitative estimate of drug-likeness (QED) is 0.256. The molecule has 3 N–H and O–H groups in total. The van der Waals surface area contributed by atoms with Crippen molar-refractivity contribution in [2.75, 3.05) is 13.1 Å². The van der Waals surface area contributed by atoms with E-state index in [2.05, 4.69) is 15.6 Å². The maximum Gasteiger partial charge on any atom is 0.191 e. The smallest absolute Gasteiger partial charge is 0.191 e. The molecule has 2 aromatic carbocycles. The molecule has 0 saturated carbocycles. The molecule has 0 bridgehead atoms. The molecule has 0 atom stereocenters. The Labute approximate surface area is 165 Å². The topological polar surface area (TPSA) is 56.7 Å². The second-order valence-electron chi connectivity index (χ2n) is 5.48. The molecule has 0 amide bonds. The zero-order chi connectivity index (χ0) is 17.2. The number of rotatable bonds is 7. The Kier molecular flexibility index (Phi) is 9.91. The summed E-state index contributed by atoms with van der Waals surface area (Å²) in [6.07, 6.45) is 1.86. The van der Waals surface area contributed by atoms with E-state index in [0.29, 0.717) is 18.1 Å². The average Bonchev–Trinajstić information content (AvgIpc) is 2.59. The van der Waals surface area contributed by atoms with Gasteiger partial charge in [0, 0.05) is 18.7 Å². The van der Waals surface area contributed by atoms with Gasteiger partial charge in [0.05, 0.1) is 6.54 Å². The lowest BCUT2D eigenvalue weighted by atomic mass is 10.1. The Hall–Kier alpha value is -1.83. The molecule has 0 aromatic heterocycles. The third-order valence-electron chi connectivity index (χ3n) is 3.58. The predicted octanol–water partition coefficient (Wildman–Crippen LogP) is 3.84. The fraction of sp³-hybridized carbons (Fsp3) is 0.316. The van der Waals surface area contributed by atoms with Crippen LogP contribution in [0.4, 0.5) is 4.39 Å². The van der Waals surface area contributed by atoms with Gasteiger partial charge >= 0.3 is 0 Å². The van der Waals surface area contributed by atoms with Crippen LogP contribution in [0.5, 0.6) is 5.75 Å². The van der Waals surface area contributed by atoms with Gasteiger partial charge in [0.15, 0.2) is 5.96 Å². The number of aryl methyl sites for hydroxylation is 1. The summed E-state index contributed by atoms with van der Waals surface area (Å²) in [6.45, 7) is 3.82. The molecule has 0 aliphatic carbocycles. The minimum atomic E-state index is -0.232. The van der Waals surface area contributed by atoms with E-state index in [1.165, 1.54) is 11.6 Å². The number of hydrogen-bond donors (Lipinski definition) is 3. The standard InChI is InChI=1S/C19H24FN3O.HI/c1-2-21-19(23-14-16-7-3-4-8-18(16)20)22-13-5-6-15-9-11-17(24)12-10-15;/h3-4,7-12,24H,2,5-6,13-14H2,1H3,(H2,21,22,23);1H. The normalized spacial score (nSPS) is 10.9. The average molecular weight is 457 g/mol. The highest BCUT2D eigenvalue weighted by Crippen LogP contribution is 2.11. The third-order valence-corrected chi connectivity index (χ3v) is 3.58. The van der Waals surface area contributed by atoms with Crippen molar-refractivity contribution in [1.82, 2.24) is 10.6 Å². The zero-order valence-corrected chi connectivity index (χ0v) is 16.7. The van der Waals surface area contributed by atoms with Crippen molar-refractivity contribution in [2.45, 2.75) is 26.3 Å². The highest BCUT2D eigenvalue weighted by Gasteiger charge is 2.01. The Morgan fingerprint density at radius 2 is 1.80 bits per heavy atom. The van der Waals surface area contributed by atoms with E-state index in [9.17, 15) is 9.50 Å². The molecule has 2 aromatic rings. The first-order valence-corrected chi connectivity index (χ1v) is 8.22. The zero-order valence-electron chi connectivity index (χ0n) is 14.3. The van der Waals surface area contributed by atoms with Crippen LogP contribution in [0.3, 0.4) is 0 Å². The van der Waals surface area contributed by atoms with Crippen LogP contribution in [0.2, 0.25) is 0 Å². The minimum absolute atomic E-state index is 0. The maximum absolute atomic E-state index is 13.6. The summed E-state index contributed by atoms with van der Waals surface area (Å²) in [7, 11) is 0. The van der Waals surface area contributed by atoms with Gasteiger partial charge < -0.3 is 15.7 Å². The Morgan fingerprint density at radius 1 is 1.08 bits per heavy atom. The molecule has 0 aliphatic heterocycles. The molecule has 0 radical (unpaired) electrons. The molecule has 4 nitrogen and oxygen atoms in total. The van der Waals surface area contributed by atoms with Crippen LogP contribution in [0.1, 0.15) is 24.5 Å². The number of benzene rings is 2. The number of aliphatic imine (C=N–C) groups is 1. The molecule has 0 saturated heterocycles. The van der Waals surface area contributed by atoms with Gasteiger partial charge in [0.25, 0.3) is 0 Å². The van der Waals surface area contributed by atoms with Crippen molar-refractivity contribution in [3.8, 4) is 5.75 Å². The van der Waals surface area contributed by atoms with Gasteiger partial charge in [-0.25, -0.2) is 9.38 Å². The lowest BCUT2D eigenvalue weighted by Crippen LogP contribution is -2.37. The monoisotopic (exact) mass is 457 g/mol. The highest BCUT2D eigenvalue weighted by molar-refractivity contribution is 14.0. The molecule has 0 aliphatic rings. The second kappa shape index (κ2) is 11.7. The van der Waals surface area contributed by atoms with E-state index < -0.39 is 0 Å². The summed E-state index contributed by atoms with van der Waals surface area (Å²) in [6, 6.07) is 13.9. The fourth-order valence-corrected chi connectivity index (χ4v) is 2.29. The van der Waals surface area contributed by atoms with Crippen molar-refractivity contribution >= 4 is 29.9 Å². The van der Waals surface area contributed by atoms with Gasteiger partial charge in [-0.2, -0.15) is 0 Å². The summed E-state index contributed by atoms with van der Waals surface area (Å²) < 4.78 is 13.6. The molecule has 0 heterocycles. The van der Waals surface area contributed by atoms with Crippen LogP contribution in [-0.2, 0) is 13.0 Å². The van der Waals surface area contributed by atoms with Gasteiger partial charge in [0.2, 0.25) is 0 Å². The number of phenolic OH excluding ortho intramolecular Hbond substituents is 1. The number of guanidine groups is 1. The molecule has 136 valence electrons. The van der Waals surface area contributed by atoms with Gasteiger partial charge in [-0.1, -0.05) is 30.3 Å². The van der Waals surface area contributed by atoms with Gasteiger partial charge in [-0.15, -0.1) is 24.0 Å². The number of nitrogens with zero attached hydrogens (tertiary/aromatic N) is 1. The van der Waals surface area contributed by atoms with E-state index in [-0.39, 0.29) is 35.5 Å². The minimum Gasteiger partial charge on any atom is -0.508 e. The van der Waals surface area contributed by atoms with Crippen LogP contribution >= 0.6 is 24.0 Å². The molecule has 2 rings (SSSR count). The summed E-state index contributed by atoms with van der Waals surface area (Å²) in [5.74, 6) is 0.738. The van der Waals surface area contributed by atoms with Crippen molar-refractivity contribution < 1.29 is 9.50 Å².